The number of amides is 1. The van der Waals surface area contributed by atoms with Gasteiger partial charge in [0.05, 0.1) is 23.1 Å². The maximum Gasteiger partial charge on any atom is 0.337 e. The minimum Gasteiger partial charge on any atom is -0.478 e. The first-order valence-corrected chi connectivity index (χ1v) is 5.64. The number of carbonyl (C=O) groups excluding carboxylic acids is 1. The number of carboxylic acid groups (broad SMARTS) is 1. The second-order valence-corrected chi connectivity index (χ2v) is 4.12. The van der Waals surface area contributed by atoms with Gasteiger partial charge in [-0.25, -0.2) is 4.79 Å². The van der Waals surface area contributed by atoms with Crippen molar-refractivity contribution < 1.29 is 14.7 Å². The molecule has 0 aromatic carbocycles. The number of aromatic carboxylic acids is 1. The third-order valence-corrected chi connectivity index (χ3v) is 2.98. The zero-order valence-corrected chi connectivity index (χ0v) is 10.1. The van der Waals surface area contributed by atoms with Gasteiger partial charge in [-0.15, -0.1) is 5.10 Å². The van der Waals surface area contributed by atoms with E-state index in [9.17, 15) is 9.59 Å². The van der Waals surface area contributed by atoms with Crippen LogP contribution < -0.4 is 5.32 Å². The van der Waals surface area contributed by atoms with Gasteiger partial charge in [0.1, 0.15) is 4.88 Å². The van der Waals surface area contributed by atoms with E-state index in [1.54, 1.807) is 6.92 Å². The molecule has 0 radical (unpaired) electrons. The number of hydrogen-bond acceptors (Lipinski definition) is 6. The largest absolute Gasteiger partial charge is 0.478 e. The van der Waals surface area contributed by atoms with E-state index in [-0.39, 0.29) is 11.3 Å². The van der Waals surface area contributed by atoms with Gasteiger partial charge in [0.25, 0.3) is 5.91 Å². The number of aryl methyl sites for hydroxylation is 1. The number of anilines is 1. The summed E-state index contributed by atoms with van der Waals surface area (Å²) in [6, 6.07) is 1.32. The zero-order chi connectivity index (χ0) is 13.1. The van der Waals surface area contributed by atoms with Crippen LogP contribution in [0.15, 0.2) is 18.5 Å². The number of carbonyl (C=O) groups is 2. The van der Waals surface area contributed by atoms with Crippen LogP contribution in [0.5, 0.6) is 0 Å². The van der Waals surface area contributed by atoms with Crippen LogP contribution in [-0.2, 0) is 0 Å². The highest BCUT2D eigenvalue weighted by molar-refractivity contribution is 7.08. The quantitative estimate of drug-likeness (QED) is 0.862. The molecule has 2 heterocycles. The molecule has 0 fully saturated rings. The molecular formula is C10H8N4O3S. The maximum atomic E-state index is 11.9. The Morgan fingerprint density at radius 1 is 1.44 bits per heavy atom. The lowest BCUT2D eigenvalue weighted by molar-refractivity contribution is 0.0698. The summed E-state index contributed by atoms with van der Waals surface area (Å²) in [5.41, 5.74) is 0.620. The highest BCUT2D eigenvalue weighted by atomic mass is 32.1. The van der Waals surface area contributed by atoms with E-state index < -0.39 is 11.9 Å². The van der Waals surface area contributed by atoms with Crippen LogP contribution in [0, 0.1) is 6.92 Å². The van der Waals surface area contributed by atoms with Crippen LogP contribution in [0.1, 0.15) is 25.7 Å². The number of nitrogens with one attached hydrogen (secondary N) is 1. The zero-order valence-electron chi connectivity index (χ0n) is 9.25. The second-order valence-electron chi connectivity index (χ2n) is 3.37. The molecule has 0 bridgehead atoms. The first-order valence-electron chi connectivity index (χ1n) is 4.87. The lowest BCUT2D eigenvalue weighted by atomic mass is 10.2. The summed E-state index contributed by atoms with van der Waals surface area (Å²) >= 11 is 0.950. The molecule has 0 saturated carbocycles. The molecule has 0 aliphatic rings. The molecule has 0 aliphatic carbocycles. The Morgan fingerprint density at radius 3 is 2.83 bits per heavy atom. The lowest BCUT2D eigenvalue weighted by Gasteiger charge is -2.06. The summed E-state index contributed by atoms with van der Waals surface area (Å²) in [5.74, 6) is -1.58. The molecule has 0 aliphatic heterocycles. The molecular weight excluding hydrogens is 256 g/mol. The molecule has 1 amide bonds. The van der Waals surface area contributed by atoms with Crippen LogP contribution in [-0.4, -0.2) is 31.6 Å². The molecule has 18 heavy (non-hydrogen) atoms. The van der Waals surface area contributed by atoms with Crippen molar-refractivity contribution in [1.29, 1.82) is 0 Å². The average molecular weight is 264 g/mol. The Kier molecular flexibility index (Phi) is 3.28. The van der Waals surface area contributed by atoms with Crippen molar-refractivity contribution in [3.63, 3.8) is 0 Å². The first-order chi connectivity index (χ1) is 8.59. The number of rotatable bonds is 3. The van der Waals surface area contributed by atoms with E-state index in [1.165, 1.54) is 18.5 Å². The molecule has 92 valence electrons. The molecule has 0 saturated heterocycles. The molecule has 8 heteroatoms. The SMILES string of the molecule is Cc1nnsc1C(=O)Nc1cnccc1C(=O)O. The Morgan fingerprint density at radius 2 is 2.22 bits per heavy atom. The number of nitrogens with zero attached hydrogens (tertiary/aromatic N) is 3. The van der Waals surface area contributed by atoms with Crippen molar-refractivity contribution in [3.05, 3.63) is 34.6 Å². The second kappa shape index (κ2) is 4.88. The minimum atomic E-state index is -1.13. The molecule has 2 rings (SSSR count). The third-order valence-electron chi connectivity index (χ3n) is 2.16. The van der Waals surface area contributed by atoms with Gasteiger partial charge in [0, 0.05) is 6.20 Å². The van der Waals surface area contributed by atoms with Crippen molar-refractivity contribution in [2.75, 3.05) is 5.32 Å². The van der Waals surface area contributed by atoms with Gasteiger partial charge in [-0.1, -0.05) is 4.49 Å². The van der Waals surface area contributed by atoms with Gasteiger partial charge in [-0.05, 0) is 24.5 Å². The van der Waals surface area contributed by atoms with Crippen LogP contribution in [0.2, 0.25) is 0 Å². The number of pyridine rings is 1. The summed E-state index contributed by atoms with van der Waals surface area (Å²) in [6.07, 6.45) is 2.63. The summed E-state index contributed by atoms with van der Waals surface area (Å²) in [5, 5.41) is 15.2. The molecule has 0 spiro atoms. The molecule has 7 nitrogen and oxygen atoms in total. The first kappa shape index (κ1) is 12.1. The van der Waals surface area contributed by atoms with E-state index in [0.29, 0.717) is 10.6 Å². The molecule has 2 aromatic rings. The van der Waals surface area contributed by atoms with Crippen LogP contribution in [0.25, 0.3) is 0 Å². The minimum absolute atomic E-state index is 0.0199. The van der Waals surface area contributed by atoms with Crippen molar-refractivity contribution in [1.82, 2.24) is 14.6 Å². The Balaban J connectivity index is 2.28. The molecule has 2 aromatic heterocycles. The van der Waals surface area contributed by atoms with Gasteiger partial charge in [0.15, 0.2) is 0 Å². The summed E-state index contributed by atoms with van der Waals surface area (Å²) in [6.45, 7) is 1.65. The fourth-order valence-corrected chi connectivity index (χ4v) is 1.85. The van der Waals surface area contributed by atoms with Gasteiger partial charge in [-0.2, -0.15) is 0 Å². The van der Waals surface area contributed by atoms with Gasteiger partial charge in [-0.3, -0.25) is 9.78 Å². The standard InChI is InChI=1S/C10H8N4O3S/c1-5-8(18-14-13-5)9(15)12-7-4-11-3-2-6(7)10(16)17/h2-4H,1H3,(H,12,15)(H,16,17). The maximum absolute atomic E-state index is 11.9. The normalized spacial score (nSPS) is 10.1. The van der Waals surface area contributed by atoms with E-state index in [1.807, 2.05) is 0 Å². The van der Waals surface area contributed by atoms with E-state index in [4.69, 9.17) is 5.11 Å². The Bertz CT molecular complexity index is 611. The lowest BCUT2D eigenvalue weighted by Crippen LogP contribution is -2.14. The Hall–Kier alpha value is -2.35. The topological polar surface area (TPSA) is 105 Å². The average Bonchev–Trinajstić information content (AvgIpc) is 2.76. The number of carboxylic acids is 1. The van der Waals surface area contributed by atoms with E-state index in [0.717, 1.165) is 11.5 Å². The Labute approximate surface area is 106 Å². The number of aromatic nitrogens is 3. The number of hydrogen-bond donors (Lipinski definition) is 2. The smallest absolute Gasteiger partial charge is 0.337 e. The van der Waals surface area contributed by atoms with Crippen LogP contribution in [0.4, 0.5) is 5.69 Å². The van der Waals surface area contributed by atoms with Crippen molar-refractivity contribution in [3.8, 4) is 0 Å². The van der Waals surface area contributed by atoms with Crippen molar-refractivity contribution in [2.24, 2.45) is 0 Å². The van der Waals surface area contributed by atoms with Gasteiger partial charge >= 0.3 is 5.97 Å². The highest BCUT2D eigenvalue weighted by Gasteiger charge is 2.17. The van der Waals surface area contributed by atoms with E-state index >= 15 is 0 Å². The van der Waals surface area contributed by atoms with Crippen molar-refractivity contribution in [2.45, 2.75) is 6.92 Å². The molecule has 0 atom stereocenters. The summed E-state index contributed by atoms with van der Waals surface area (Å²) in [7, 11) is 0. The monoisotopic (exact) mass is 264 g/mol. The van der Waals surface area contributed by atoms with E-state index in [2.05, 4.69) is 19.9 Å². The van der Waals surface area contributed by atoms with Crippen molar-refractivity contribution >= 4 is 29.1 Å². The van der Waals surface area contributed by atoms with Crippen LogP contribution >= 0.6 is 11.5 Å². The predicted molar refractivity (Wildman–Crippen MR) is 63.8 cm³/mol. The van der Waals surface area contributed by atoms with Crippen LogP contribution in [0.3, 0.4) is 0 Å². The predicted octanol–water partition coefficient (Wildman–Crippen LogP) is 1.19. The third kappa shape index (κ3) is 2.33. The molecule has 2 N–H and O–H groups in total. The van der Waals surface area contributed by atoms with Gasteiger partial charge < -0.3 is 10.4 Å². The molecule has 0 unspecified atom stereocenters. The summed E-state index contributed by atoms with van der Waals surface area (Å²) < 4.78 is 3.64. The van der Waals surface area contributed by atoms with Gasteiger partial charge in [0.2, 0.25) is 0 Å². The fraction of sp³-hybridized carbons (Fsp3) is 0.100. The summed E-state index contributed by atoms with van der Waals surface area (Å²) in [4.78, 5) is 26.9. The highest BCUT2D eigenvalue weighted by Crippen LogP contribution is 2.16. The fourth-order valence-electron chi connectivity index (χ4n) is 1.30.